The first-order valence-electron chi connectivity index (χ1n) is 3.75. The molecule has 2 nitrogen and oxygen atoms in total. The van der Waals surface area contributed by atoms with Crippen LogP contribution >= 0.6 is 9.69 Å². The van der Waals surface area contributed by atoms with Crippen LogP contribution < -0.4 is 0 Å². The first-order chi connectivity index (χ1) is 6.97. The van der Waals surface area contributed by atoms with Gasteiger partial charge in [0.2, 0.25) is 0 Å². The molecule has 2 rings (SSSR count). The van der Waals surface area contributed by atoms with E-state index in [-0.39, 0.29) is 72.8 Å². The van der Waals surface area contributed by atoms with Crippen LogP contribution in [0.3, 0.4) is 0 Å². The Balaban J connectivity index is -0.000000373. The standard InChI is InChI=1S/C10H6N2.CH3.ClH.Ru.2Y/c1-3-7-11-9(5-1)10-6-2-4-8-12-10;;;;;/h3-8H;1H3;1H;;;/q-2;-1;;+2;;/p-1. The van der Waals surface area contributed by atoms with Crippen molar-refractivity contribution in [1.82, 2.24) is 9.97 Å². The van der Waals surface area contributed by atoms with E-state index in [9.17, 15) is 0 Å². The molecule has 0 fully saturated rings. The van der Waals surface area contributed by atoms with Gasteiger partial charge in [-0.1, -0.05) is 23.8 Å². The van der Waals surface area contributed by atoms with Gasteiger partial charge in [-0.3, -0.25) is 0 Å². The van der Waals surface area contributed by atoms with E-state index in [4.69, 9.17) is 0 Å². The largest absolute Gasteiger partial charge is 0.394 e. The number of hydrogen-bond donors (Lipinski definition) is 0. The number of nitrogens with zero attached hydrogens (tertiary/aromatic N) is 2. The number of rotatable bonds is 1. The van der Waals surface area contributed by atoms with Gasteiger partial charge < -0.3 is 17.4 Å². The van der Waals surface area contributed by atoms with Gasteiger partial charge in [0.05, 0.1) is 0 Å². The summed E-state index contributed by atoms with van der Waals surface area (Å²) < 4.78 is 0. The molecule has 6 heteroatoms. The zero-order chi connectivity index (χ0) is 10.2. The van der Waals surface area contributed by atoms with Crippen LogP contribution in [0.4, 0.5) is 0 Å². The fourth-order valence-electron chi connectivity index (χ4n) is 0.930. The Kier molecular flexibility index (Phi) is 21.4. The Hall–Kier alpha value is 1.42. The number of halogens is 1. The molecule has 0 aliphatic carbocycles. The molecule has 0 spiro atoms. The molecule has 0 amide bonds. The predicted molar refractivity (Wildman–Crippen MR) is 57.4 cm³/mol. The van der Waals surface area contributed by atoms with Crippen molar-refractivity contribution in [3.63, 3.8) is 0 Å². The zero-order valence-electron chi connectivity index (χ0n) is 9.24. The summed E-state index contributed by atoms with van der Waals surface area (Å²) in [5, 5.41) is 0. The third-order valence-corrected chi connectivity index (χ3v) is 1.47. The summed E-state index contributed by atoms with van der Waals surface area (Å²) in [6.45, 7) is 0. The predicted octanol–water partition coefficient (Wildman–Crippen LogP) is 2.88. The molecule has 0 aromatic carbocycles. The SMILES string of the molecule is [CH3-].[Cl][Ru+].[Y].[Y].[c-]1ccnc(-c2c[c-]ccn2)c1. The van der Waals surface area contributed by atoms with Gasteiger partial charge in [-0.05, 0) is 0 Å². The number of hydrogen-bond acceptors (Lipinski definition) is 2. The van der Waals surface area contributed by atoms with Crippen LogP contribution in [0, 0.1) is 19.6 Å². The summed E-state index contributed by atoms with van der Waals surface area (Å²) >= 11 is 1.82. The van der Waals surface area contributed by atoms with Gasteiger partial charge in [0.25, 0.3) is 0 Å². The van der Waals surface area contributed by atoms with Crippen molar-refractivity contribution < 1.29 is 82.7 Å². The molecule has 0 atom stereocenters. The van der Waals surface area contributed by atoms with Crippen molar-refractivity contribution in [2.45, 2.75) is 0 Å². The van der Waals surface area contributed by atoms with Crippen LogP contribution in [0.2, 0.25) is 0 Å². The summed E-state index contributed by atoms with van der Waals surface area (Å²) in [5.41, 5.74) is 1.66. The maximum absolute atomic E-state index is 4.57. The molecule has 0 aliphatic rings. The van der Waals surface area contributed by atoms with E-state index in [2.05, 4.69) is 31.8 Å². The van der Waals surface area contributed by atoms with Crippen LogP contribution in [-0.2, 0) is 82.7 Å². The van der Waals surface area contributed by atoms with Crippen LogP contribution in [0.5, 0.6) is 0 Å². The van der Waals surface area contributed by atoms with Gasteiger partial charge in [0, 0.05) is 65.4 Å². The smallest absolute Gasteiger partial charge is 0 e. The maximum Gasteiger partial charge on any atom is 0 e. The molecular formula is C11H9ClN2RuY2-2. The molecule has 2 aromatic heterocycles. The van der Waals surface area contributed by atoms with Crippen LogP contribution in [0.1, 0.15) is 0 Å². The minimum atomic E-state index is 0. The Bertz CT molecular complexity index is 325. The minimum Gasteiger partial charge on any atom is -0.394 e. The Morgan fingerprint density at radius 1 is 0.882 bits per heavy atom. The molecule has 0 unspecified atom stereocenters. The average molecular weight is 484 g/mol. The monoisotopic (exact) mass is 484 g/mol. The second kappa shape index (κ2) is 15.5. The molecule has 0 bridgehead atoms. The average Bonchev–Trinajstić information content (AvgIpc) is 2.34. The van der Waals surface area contributed by atoms with Crippen molar-refractivity contribution in [1.29, 1.82) is 0 Å². The van der Waals surface area contributed by atoms with E-state index < -0.39 is 0 Å². The van der Waals surface area contributed by atoms with Crippen molar-refractivity contribution in [3.05, 3.63) is 56.2 Å². The van der Waals surface area contributed by atoms with Gasteiger partial charge in [-0.25, -0.2) is 0 Å². The fourth-order valence-corrected chi connectivity index (χ4v) is 0.930. The third kappa shape index (κ3) is 9.03. The zero-order valence-corrected chi connectivity index (χ0v) is 17.4. The quantitative estimate of drug-likeness (QED) is 0.461. The first-order valence-corrected chi connectivity index (χ1v) is 5.98. The second-order valence-electron chi connectivity index (χ2n) is 2.28. The van der Waals surface area contributed by atoms with E-state index in [1.54, 1.807) is 36.7 Å². The molecule has 0 N–H and O–H groups in total. The molecule has 2 radical (unpaired) electrons. The van der Waals surface area contributed by atoms with Crippen LogP contribution in [0.15, 0.2) is 36.7 Å². The molecule has 86 valence electrons. The maximum atomic E-state index is 4.57. The van der Waals surface area contributed by atoms with Crippen molar-refractivity contribution >= 4 is 9.69 Å². The molecule has 0 saturated heterocycles. The second-order valence-corrected chi connectivity index (χ2v) is 2.28. The summed E-state index contributed by atoms with van der Waals surface area (Å²) in [4.78, 5) is 8.27. The van der Waals surface area contributed by atoms with Crippen molar-refractivity contribution in [3.8, 4) is 11.4 Å². The normalized spacial score (nSPS) is 7.18. The Morgan fingerprint density at radius 3 is 1.47 bits per heavy atom. The van der Waals surface area contributed by atoms with E-state index in [1.807, 2.05) is 17.3 Å². The third-order valence-electron chi connectivity index (χ3n) is 1.47. The summed E-state index contributed by atoms with van der Waals surface area (Å²) in [6.07, 6.45) is 3.40. The van der Waals surface area contributed by atoms with E-state index in [0.29, 0.717) is 0 Å². The molecule has 2 heterocycles. The fraction of sp³-hybridized carbons (Fsp3) is 0. The Labute approximate surface area is 167 Å². The van der Waals surface area contributed by atoms with Gasteiger partial charge in [-0.15, -0.1) is 0 Å². The topological polar surface area (TPSA) is 25.8 Å². The summed E-state index contributed by atoms with van der Waals surface area (Å²) in [6, 6.07) is 13.0. The van der Waals surface area contributed by atoms with Crippen molar-refractivity contribution in [2.75, 3.05) is 0 Å². The van der Waals surface area contributed by atoms with E-state index in [0.717, 1.165) is 11.4 Å². The van der Waals surface area contributed by atoms with E-state index in [1.165, 1.54) is 0 Å². The molecule has 2 aromatic rings. The summed E-state index contributed by atoms with van der Waals surface area (Å²) in [5.74, 6) is 0. The van der Waals surface area contributed by atoms with Crippen molar-refractivity contribution in [2.24, 2.45) is 0 Å². The number of aromatic nitrogens is 2. The molecule has 17 heavy (non-hydrogen) atoms. The van der Waals surface area contributed by atoms with Gasteiger partial charge >= 0.3 is 27.0 Å². The Morgan fingerprint density at radius 2 is 1.24 bits per heavy atom. The number of pyridine rings is 2. The van der Waals surface area contributed by atoms with E-state index >= 15 is 0 Å². The van der Waals surface area contributed by atoms with Gasteiger partial charge in [0.15, 0.2) is 0 Å². The van der Waals surface area contributed by atoms with Crippen LogP contribution in [0.25, 0.3) is 11.4 Å². The summed E-state index contributed by atoms with van der Waals surface area (Å²) in [7, 11) is 4.57. The van der Waals surface area contributed by atoms with Gasteiger partial charge in [-0.2, -0.15) is 36.4 Å². The van der Waals surface area contributed by atoms with Gasteiger partial charge in [0.1, 0.15) is 0 Å². The molecule has 0 saturated carbocycles. The minimum absolute atomic E-state index is 0. The molecule has 0 aliphatic heterocycles. The first kappa shape index (κ1) is 23.5. The van der Waals surface area contributed by atoms with Crippen LogP contribution in [-0.4, -0.2) is 9.97 Å². The molecular weight excluding hydrogens is 474 g/mol.